The van der Waals surface area contributed by atoms with Crippen LogP contribution in [0.25, 0.3) is 0 Å². The lowest BCUT2D eigenvalue weighted by atomic mass is 10.1. The summed E-state index contributed by atoms with van der Waals surface area (Å²) in [5, 5.41) is 3.56. The summed E-state index contributed by atoms with van der Waals surface area (Å²) in [4.78, 5) is 13.5. The molecule has 19 heavy (non-hydrogen) atoms. The van der Waals surface area contributed by atoms with E-state index in [-0.39, 0.29) is 6.09 Å². The zero-order valence-corrected chi connectivity index (χ0v) is 13.3. The maximum atomic E-state index is 11.8. The molecule has 0 aromatic heterocycles. The number of amides is 1. The highest BCUT2D eigenvalue weighted by Gasteiger charge is 2.28. The minimum absolute atomic E-state index is 0.241. The second kappa shape index (κ2) is 6.60. The first-order chi connectivity index (χ1) is 8.69. The van der Waals surface area contributed by atoms with Gasteiger partial charge in [-0.25, -0.2) is 4.79 Å². The zero-order valence-electron chi connectivity index (χ0n) is 13.3. The summed E-state index contributed by atoms with van der Waals surface area (Å²) in [6.07, 6.45) is 2.48. The number of nitrogens with zero attached hydrogens (tertiary/aromatic N) is 1. The third-order valence-corrected chi connectivity index (χ3v) is 3.41. The van der Waals surface area contributed by atoms with E-state index in [4.69, 9.17) is 4.74 Å². The summed E-state index contributed by atoms with van der Waals surface area (Å²) in [6.45, 7) is 11.8. The molecule has 0 aromatic carbocycles. The van der Waals surface area contributed by atoms with Gasteiger partial charge >= 0.3 is 6.09 Å². The van der Waals surface area contributed by atoms with Crippen molar-refractivity contribution in [3.63, 3.8) is 0 Å². The molecule has 1 N–H and O–H groups in total. The van der Waals surface area contributed by atoms with Gasteiger partial charge in [-0.3, -0.25) is 0 Å². The highest BCUT2D eigenvalue weighted by atomic mass is 16.6. The SMILES string of the molecule is CC(CNC(C)C1CC1)CN(C)C(=O)OC(C)(C)C. The lowest BCUT2D eigenvalue weighted by Gasteiger charge is -2.27. The molecule has 112 valence electrons. The van der Waals surface area contributed by atoms with Crippen molar-refractivity contribution in [3.05, 3.63) is 0 Å². The van der Waals surface area contributed by atoms with Crippen LogP contribution in [0.1, 0.15) is 47.5 Å². The molecule has 1 fully saturated rings. The summed E-state index contributed by atoms with van der Waals surface area (Å²) in [7, 11) is 1.80. The van der Waals surface area contributed by atoms with E-state index in [1.165, 1.54) is 12.8 Å². The van der Waals surface area contributed by atoms with Crippen molar-refractivity contribution in [2.75, 3.05) is 20.1 Å². The molecule has 2 atom stereocenters. The van der Waals surface area contributed by atoms with Crippen LogP contribution < -0.4 is 5.32 Å². The third-order valence-electron chi connectivity index (χ3n) is 3.41. The van der Waals surface area contributed by atoms with Crippen LogP contribution in [-0.4, -0.2) is 42.8 Å². The van der Waals surface area contributed by atoms with Crippen LogP contribution in [0.5, 0.6) is 0 Å². The van der Waals surface area contributed by atoms with Crippen molar-refractivity contribution in [2.24, 2.45) is 11.8 Å². The fourth-order valence-corrected chi connectivity index (χ4v) is 2.10. The normalized spacial score (nSPS) is 18.8. The molecular weight excluding hydrogens is 240 g/mol. The van der Waals surface area contributed by atoms with Crippen molar-refractivity contribution in [1.29, 1.82) is 0 Å². The second-order valence-electron chi connectivity index (χ2n) is 7.00. The fraction of sp³-hybridized carbons (Fsp3) is 0.933. The molecule has 0 radical (unpaired) electrons. The summed E-state index contributed by atoms with van der Waals surface area (Å²) < 4.78 is 5.34. The van der Waals surface area contributed by atoms with Crippen molar-refractivity contribution in [2.45, 2.75) is 59.1 Å². The second-order valence-corrected chi connectivity index (χ2v) is 7.00. The molecule has 1 rings (SSSR count). The largest absolute Gasteiger partial charge is 0.444 e. The van der Waals surface area contributed by atoms with Gasteiger partial charge in [-0.15, -0.1) is 0 Å². The molecule has 1 saturated carbocycles. The molecule has 0 heterocycles. The Balaban J connectivity index is 2.22. The maximum absolute atomic E-state index is 11.8. The highest BCUT2D eigenvalue weighted by molar-refractivity contribution is 5.67. The Morgan fingerprint density at radius 2 is 1.95 bits per heavy atom. The van der Waals surface area contributed by atoms with Gasteiger partial charge in [0.2, 0.25) is 0 Å². The Morgan fingerprint density at radius 1 is 1.37 bits per heavy atom. The number of nitrogens with one attached hydrogen (secondary N) is 1. The number of hydrogen-bond donors (Lipinski definition) is 1. The van der Waals surface area contributed by atoms with Crippen LogP contribution in [-0.2, 0) is 4.74 Å². The van der Waals surface area contributed by atoms with Gasteiger partial charge in [-0.05, 0) is 58.9 Å². The molecular formula is C15H30N2O2. The quantitative estimate of drug-likeness (QED) is 0.807. The smallest absolute Gasteiger partial charge is 0.410 e. The lowest BCUT2D eigenvalue weighted by molar-refractivity contribution is 0.0276. The van der Waals surface area contributed by atoms with Gasteiger partial charge in [0.1, 0.15) is 5.60 Å². The molecule has 0 bridgehead atoms. The number of carbonyl (C=O) groups excluding carboxylic acids is 1. The third kappa shape index (κ3) is 6.81. The van der Waals surface area contributed by atoms with Crippen molar-refractivity contribution in [1.82, 2.24) is 10.2 Å². The van der Waals surface area contributed by atoms with Crippen molar-refractivity contribution < 1.29 is 9.53 Å². The van der Waals surface area contributed by atoms with Crippen LogP contribution in [0, 0.1) is 11.8 Å². The van der Waals surface area contributed by atoms with Gasteiger partial charge in [0.05, 0.1) is 0 Å². The Labute approximate surface area is 117 Å². The standard InChI is InChI=1S/C15H30N2O2/c1-11(9-16-12(2)13-7-8-13)10-17(6)14(18)19-15(3,4)5/h11-13,16H,7-10H2,1-6H3. The van der Waals surface area contributed by atoms with Gasteiger partial charge in [-0.1, -0.05) is 6.92 Å². The van der Waals surface area contributed by atoms with E-state index in [0.717, 1.165) is 19.0 Å². The summed E-state index contributed by atoms with van der Waals surface area (Å²) in [5.74, 6) is 1.30. The van der Waals surface area contributed by atoms with Crippen molar-refractivity contribution in [3.8, 4) is 0 Å². The molecule has 1 aliphatic rings. The molecule has 0 aliphatic heterocycles. The van der Waals surface area contributed by atoms with Gasteiger partial charge in [-0.2, -0.15) is 0 Å². The maximum Gasteiger partial charge on any atom is 0.410 e. The predicted molar refractivity (Wildman–Crippen MR) is 78.2 cm³/mol. The average Bonchev–Trinajstić information content (AvgIpc) is 3.07. The molecule has 1 amide bonds. The summed E-state index contributed by atoms with van der Waals surface area (Å²) in [6, 6.07) is 0.606. The topological polar surface area (TPSA) is 41.6 Å². The molecule has 2 unspecified atom stereocenters. The molecule has 4 heteroatoms. The average molecular weight is 270 g/mol. The van der Waals surface area contributed by atoms with E-state index in [0.29, 0.717) is 12.0 Å². The monoisotopic (exact) mass is 270 g/mol. The lowest BCUT2D eigenvalue weighted by Crippen LogP contribution is -2.40. The summed E-state index contributed by atoms with van der Waals surface area (Å²) in [5.41, 5.74) is -0.423. The van der Waals surface area contributed by atoms with Gasteiger partial charge in [0.15, 0.2) is 0 Å². The van der Waals surface area contributed by atoms with Crippen LogP contribution in [0.15, 0.2) is 0 Å². The van der Waals surface area contributed by atoms with E-state index in [1.807, 2.05) is 20.8 Å². The number of ether oxygens (including phenoxy) is 1. The van der Waals surface area contributed by atoms with Crippen LogP contribution in [0.3, 0.4) is 0 Å². The molecule has 1 aliphatic carbocycles. The van der Waals surface area contributed by atoms with E-state index >= 15 is 0 Å². The van der Waals surface area contributed by atoms with Crippen LogP contribution in [0.4, 0.5) is 4.79 Å². The van der Waals surface area contributed by atoms with Gasteiger partial charge in [0, 0.05) is 19.6 Å². The van der Waals surface area contributed by atoms with E-state index in [2.05, 4.69) is 19.2 Å². The molecule has 0 aromatic rings. The predicted octanol–water partition coefficient (Wildman–Crippen LogP) is 2.88. The number of hydrogen-bond acceptors (Lipinski definition) is 3. The van der Waals surface area contributed by atoms with Gasteiger partial charge < -0.3 is 15.0 Å². The first-order valence-corrected chi connectivity index (χ1v) is 7.36. The Bertz CT molecular complexity index is 295. The molecule has 4 nitrogen and oxygen atoms in total. The number of rotatable bonds is 6. The highest BCUT2D eigenvalue weighted by Crippen LogP contribution is 2.32. The minimum Gasteiger partial charge on any atom is -0.444 e. The summed E-state index contributed by atoms with van der Waals surface area (Å²) >= 11 is 0. The van der Waals surface area contributed by atoms with Crippen LogP contribution in [0.2, 0.25) is 0 Å². The first kappa shape index (κ1) is 16.3. The fourth-order valence-electron chi connectivity index (χ4n) is 2.10. The Hall–Kier alpha value is -0.770. The minimum atomic E-state index is -0.423. The van der Waals surface area contributed by atoms with E-state index < -0.39 is 5.60 Å². The van der Waals surface area contributed by atoms with Crippen LogP contribution >= 0.6 is 0 Å². The van der Waals surface area contributed by atoms with Crippen molar-refractivity contribution >= 4 is 6.09 Å². The van der Waals surface area contributed by atoms with E-state index in [1.54, 1.807) is 11.9 Å². The Kier molecular flexibility index (Phi) is 5.65. The Morgan fingerprint density at radius 3 is 2.42 bits per heavy atom. The van der Waals surface area contributed by atoms with Gasteiger partial charge in [0.25, 0.3) is 0 Å². The van der Waals surface area contributed by atoms with E-state index in [9.17, 15) is 4.79 Å². The number of carbonyl (C=O) groups is 1. The molecule has 0 spiro atoms. The molecule has 0 saturated heterocycles. The zero-order chi connectivity index (χ0) is 14.6. The first-order valence-electron chi connectivity index (χ1n) is 7.36.